The van der Waals surface area contributed by atoms with Crippen molar-refractivity contribution in [3.05, 3.63) is 33.2 Å². The Morgan fingerprint density at radius 1 is 1.65 bits per heavy atom. The minimum Gasteiger partial charge on any atom is -0.393 e. The number of nitrogen functional groups attached to an aromatic ring is 1. The highest BCUT2D eigenvalue weighted by atomic mass is 16.6. The molecular formula is C9H12N6O5. The molecule has 0 aromatic carbocycles. The number of aliphatic hydroxyl groups is 3. The Bertz CT molecular complexity index is 613. The zero-order valence-electron chi connectivity index (χ0n) is 10.1. The van der Waals surface area contributed by atoms with Crippen LogP contribution in [0.2, 0.25) is 0 Å². The van der Waals surface area contributed by atoms with Crippen LogP contribution >= 0.6 is 0 Å². The smallest absolute Gasteiger partial charge is 0.351 e. The number of aliphatic hydroxyl groups excluding tert-OH is 3. The Kier molecular flexibility index (Phi) is 3.61. The van der Waals surface area contributed by atoms with Crippen molar-refractivity contribution in [3.8, 4) is 0 Å². The van der Waals surface area contributed by atoms with Gasteiger partial charge in [0.05, 0.1) is 6.61 Å². The van der Waals surface area contributed by atoms with Crippen LogP contribution in [0.3, 0.4) is 0 Å². The summed E-state index contributed by atoms with van der Waals surface area (Å²) in [6.07, 6.45) is -3.48. The molecule has 0 aliphatic carbocycles. The highest BCUT2D eigenvalue weighted by Crippen LogP contribution is 2.37. The number of rotatable bonds is 3. The van der Waals surface area contributed by atoms with Crippen LogP contribution in [-0.2, 0) is 4.74 Å². The van der Waals surface area contributed by atoms with Gasteiger partial charge in [-0.3, -0.25) is 4.57 Å². The van der Waals surface area contributed by atoms with E-state index in [2.05, 4.69) is 15.0 Å². The molecule has 1 aromatic rings. The molecule has 2 heterocycles. The van der Waals surface area contributed by atoms with Gasteiger partial charge in [-0.15, -0.1) is 0 Å². The largest absolute Gasteiger partial charge is 0.393 e. The molecule has 4 atom stereocenters. The molecule has 108 valence electrons. The quantitative estimate of drug-likeness (QED) is 0.283. The second-order valence-electron chi connectivity index (χ2n) is 4.18. The van der Waals surface area contributed by atoms with E-state index in [1.165, 1.54) is 12.3 Å². The molecule has 5 N–H and O–H groups in total. The lowest BCUT2D eigenvalue weighted by Gasteiger charge is -2.23. The predicted octanol–water partition coefficient (Wildman–Crippen LogP) is -1.92. The Morgan fingerprint density at radius 2 is 2.35 bits per heavy atom. The van der Waals surface area contributed by atoms with Gasteiger partial charge < -0.3 is 25.8 Å². The maximum atomic E-state index is 11.7. The van der Waals surface area contributed by atoms with Gasteiger partial charge in [0, 0.05) is 11.1 Å². The molecule has 0 radical (unpaired) electrons. The van der Waals surface area contributed by atoms with E-state index in [1.54, 1.807) is 0 Å². The van der Waals surface area contributed by atoms with E-state index in [0.29, 0.717) is 0 Å². The predicted molar refractivity (Wildman–Crippen MR) is 64.0 cm³/mol. The maximum absolute atomic E-state index is 11.7. The van der Waals surface area contributed by atoms with E-state index in [4.69, 9.17) is 16.0 Å². The fraction of sp³-hybridized carbons (Fsp3) is 0.556. The van der Waals surface area contributed by atoms with E-state index in [0.717, 1.165) is 4.57 Å². The summed E-state index contributed by atoms with van der Waals surface area (Å²) < 4.78 is 6.05. The van der Waals surface area contributed by atoms with Gasteiger partial charge in [0.15, 0.2) is 6.23 Å². The molecular weight excluding hydrogens is 272 g/mol. The van der Waals surface area contributed by atoms with Gasteiger partial charge in [-0.05, 0) is 11.6 Å². The van der Waals surface area contributed by atoms with Crippen molar-refractivity contribution in [1.29, 1.82) is 0 Å². The lowest BCUT2D eigenvalue weighted by atomic mass is 10.1. The fourth-order valence-electron chi connectivity index (χ4n) is 1.93. The van der Waals surface area contributed by atoms with Crippen molar-refractivity contribution in [2.24, 2.45) is 5.11 Å². The summed E-state index contributed by atoms with van der Waals surface area (Å²) in [5, 5.41) is 32.2. The summed E-state index contributed by atoms with van der Waals surface area (Å²) in [7, 11) is 0. The summed E-state index contributed by atoms with van der Waals surface area (Å²) in [4.78, 5) is 17.6. The van der Waals surface area contributed by atoms with Crippen LogP contribution in [0.15, 0.2) is 22.2 Å². The molecule has 0 spiro atoms. The van der Waals surface area contributed by atoms with Gasteiger partial charge in [-0.25, -0.2) is 4.79 Å². The summed E-state index contributed by atoms with van der Waals surface area (Å²) in [5.41, 5.74) is 10.9. The van der Waals surface area contributed by atoms with Crippen molar-refractivity contribution in [2.45, 2.75) is 24.2 Å². The average molecular weight is 284 g/mol. The van der Waals surface area contributed by atoms with Crippen molar-refractivity contribution in [3.63, 3.8) is 0 Å². The molecule has 0 saturated carbocycles. The van der Waals surface area contributed by atoms with Gasteiger partial charge in [0.2, 0.25) is 5.72 Å². The maximum Gasteiger partial charge on any atom is 0.351 e. The van der Waals surface area contributed by atoms with Crippen molar-refractivity contribution in [1.82, 2.24) is 9.55 Å². The average Bonchev–Trinajstić information content (AvgIpc) is 2.65. The minimum atomic E-state index is -2.07. The molecule has 1 fully saturated rings. The molecule has 0 bridgehead atoms. The molecule has 11 nitrogen and oxygen atoms in total. The van der Waals surface area contributed by atoms with Gasteiger partial charge in [0.1, 0.15) is 18.0 Å². The third-order valence-corrected chi connectivity index (χ3v) is 2.97. The first kappa shape index (κ1) is 14.2. The Hall–Kier alpha value is -2.17. The van der Waals surface area contributed by atoms with Crippen LogP contribution in [-0.4, -0.2) is 49.4 Å². The number of nitrogens with zero attached hydrogens (tertiary/aromatic N) is 5. The first-order valence-electron chi connectivity index (χ1n) is 5.51. The van der Waals surface area contributed by atoms with Crippen molar-refractivity contribution < 1.29 is 20.1 Å². The van der Waals surface area contributed by atoms with E-state index in [9.17, 15) is 20.1 Å². The number of ether oxygens (including phenoxy) is 1. The molecule has 1 unspecified atom stereocenters. The molecule has 11 heteroatoms. The van der Waals surface area contributed by atoms with Crippen LogP contribution in [0.4, 0.5) is 5.82 Å². The van der Waals surface area contributed by atoms with Crippen molar-refractivity contribution in [2.75, 3.05) is 12.3 Å². The first-order valence-corrected chi connectivity index (χ1v) is 5.51. The fourth-order valence-corrected chi connectivity index (χ4v) is 1.93. The molecule has 1 saturated heterocycles. The van der Waals surface area contributed by atoms with Crippen molar-refractivity contribution >= 4 is 5.82 Å². The molecule has 1 aromatic heterocycles. The van der Waals surface area contributed by atoms with Gasteiger partial charge in [0.25, 0.3) is 0 Å². The zero-order valence-corrected chi connectivity index (χ0v) is 10.1. The molecule has 1 aliphatic rings. The third-order valence-electron chi connectivity index (χ3n) is 2.97. The standard InChI is InChI=1S/C9H12N6O5/c10-4-1-2-15(8(19)12-4)7-5(17)6(18)9(3-16,20-7)13-14-11/h1-2,5-7,16-18H,3H2,(H2,10,12,19)/t5?,6-,7+,9+/m0/s1. The number of anilines is 1. The van der Waals surface area contributed by atoms with E-state index in [-0.39, 0.29) is 5.82 Å². The normalized spacial score (nSPS) is 32.9. The third kappa shape index (κ3) is 2.09. The van der Waals surface area contributed by atoms with Gasteiger partial charge in [-0.1, -0.05) is 5.11 Å². The number of azide groups is 1. The van der Waals surface area contributed by atoms with Crippen LogP contribution in [0.5, 0.6) is 0 Å². The number of hydrogen-bond donors (Lipinski definition) is 4. The second-order valence-corrected chi connectivity index (χ2v) is 4.18. The van der Waals surface area contributed by atoms with E-state index in [1.807, 2.05) is 0 Å². The molecule has 2 rings (SSSR count). The molecule has 20 heavy (non-hydrogen) atoms. The Labute approximate surface area is 111 Å². The number of nitrogens with two attached hydrogens (primary N) is 1. The summed E-state index contributed by atoms with van der Waals surface area (Å²) in [6.45, 7) is -0.872. The summed E-state index contributed by atoms with van der Waals surface area (Å²) in [5.74, 6) is -0.0252. The highest BCUT2D eigenvalue weighted by Gasteiger charge is 2.54. The van der Waals surface area contributed by atoms with Gasteiger partial charge >= 0.3 is 5.69 Å². The monoisotopic (exact) mass is 284 g/mol. The van der Waals surface area contributed by atoms with E-state index < -0.39 is 36.5 Å². The van der Waals surface area contributed by atoms with Crippen LogP contribution in [0.1, 0.15) is 6.23 Å². The van der Waals surface area contributed by atoms with E-state index >= 15 is 0 Å². The Balaban J connectivity index is 2.45. The Morgan fingerprint density at radius 3 is 2.90 bits per heavy atom. The number of aromatic nitrogens is 2. The molecule has 1 aliphatic heterocycles. The number of hydrogen-bond acceptors (Lipinski definition) is 8. The lowest BCUT2D eigenvalue weighted by Crippen LogP contribution is -2.44. The lowest BCUT2D eigenvalue weighted by molar-refractivity contribution is -0.125. The van der Waals surface area contributed by atoms with Gasteiger partial charge in [-0.2, -0.15) is 4.98 Å². The summed E-state index contributed by atoms with van der Waals surface area (Å²) >= 11 is 0. The molecule has 0 amide bonds. The summed E-state index contributed by atoms with van der Waals surface area (Å²) in [6, 6.07) is 1.29. The SMILES string of the molecule is [N-]=[N+]=N[C@]1(CO)O[C@@H](n2ccc(N)nc2=O)C(O)[C@@H]1O. The second kappa shape index (κ2) is 5.07. The minimum absolute atomic E-state index is 0.0252. The van der Waals surface area contributed by atoms with Crippen LogP contribution in [0, 0.1) is 0 Å². The van der Waals surface area contributed by atoms with Crippen LogP contribution in [0.25, 0.3) is 10.4 Å². The topological polar surface area (TPSA) is 180 Å². The van der Waals surface area contributed by atoms with Crippen LogP contribution < -0.4 is 11.4 Å². The first-order chi connectivity index (χ1) is 9.45. The zero-order chi connectivity index (χ0) is 14.9. The highest BCUT2D eigenvalue weighted by molar-refractivity contribution is 5.23.